The van der Waals surface area contributed by atoms with Gasteiger partial charge in [-0.15, -0.1) is 5.10 Å². The van der Waals surface area contributed by atoms with Gasteiger partial charge in [0, 0.05) is 44.0 Å². The molecule has 0 aliphatic carbocycles. The lowest BCUT2D eigenvalue weighted by molar-refractivity contribution is 0.953. The monoisotopic (exact) mass is 366 g/mol. The smallest absolute Gasteiger partial charge is 0.160 e. The first-order valence-corrected chi connectivity index (χ1v) is 8.61. The number of halogens is 2. The predicted molar refractivity (Wildman–Crippen MR) is 101 cm³/mol. The summed E-state index contributed by atoms with van der Waals surface area (Å²) < 4.78 is 0. The number of aromatic nitrogens is 3. The molecule has 6 heteroatoms. The predicted octanol–water partition coefficient (Wildman–Crippen LogP) is 5.45. The van der Waals surface area contributed by atoms with Crippen molar-refractivity contribution in [2.45, 2.75) is 6.04 Å². The number of nitrogens with one attached hydrogen (secondary N) is 2. The molecule has 0 saturated carbocycles. The van der Waals surface area contributed by atoms with Gasteiger partial charge in [-0.2, -0.15) is 5.10 Å². The van der Waals surface area contributed by atoms with Crippen LogP contribution in [0, 0.1) is 0 Å². The molecular formula is C19H12Cl2N4. The summed E-state index contributed by atoms with van der Waals surface area (Å²) in [5, 5.41) is 14.3. The number of rotatable bonds is 1. The second-order valence-electron chi connectivity index (χ2n) is 6.01. The van der Waals surface area contributed by atoms with Gasteiger partial charge in [-0.3, -0.25) is 0 Å². The van der Waals surface area contributed by atoms with Crippen molar-refractivity contribution in [3.63, 3.8) is 0 Å². The molecule has 0 amide bonds. The van der Waals surface area contributed by atoms with Gasteiger partial charge in [-0.05, 0) is 23.8 Å². The molecule has 5 rings (SSSR count). The third-order valence-corrected chi connectivity index (χ3v) is 5.17. The van der Waals surface area contributed by atoms with Crippen molar-refractivity contribution >= 4 is 39.9 Å². The van der Waals surface area contributed by atoms with E-state index in [-0.39, 0.29) is 6.04 Å². The minimum atomic E-state index is -0.120. The molecule has 3 heterocycles. The van der Waals surface area contributed by atoms with Gasteiger partial charge in [0.25, 0.3) is 0 Å². The van der Waals surface area contributed by atoms with E-state index in [2.05, 4.69) is 32.6 Å². The Labute approximate surface area is 153 Å². The molecule has 0 spiro atoms. The minimum Gasteiger partial charge on any atom is -0.374 e. The van der Waals surface area contributed by atoms with Crippen molar-refractivity contribution in [2.75, 3.05) is 5.32 Å². The third kappa shape index (κ3) is 2.22. The maximum atomic E-state index is 6.51. The fraction of sp³-hybridized carbons (Fsp3) is 0.0526. The fourth-order valence-corrected chi connectivity index (χ4v) is 4.01. The van der Waals surface area contributed by atoms with Crippen molar-refractivity contribution in [1.82, 2.24) is 15.2 Å². The highest BCUT2D eigenvalue weighted by atomic mass is 35.5. The van der Waals surface area contributed by atoms with Crippen LogP contribution in [-0.2, 0) is 0 Å². The average molecular weight is 367 g/mol. The van der Waals surface area contributed by atoms with Crippen LogP contribution in [0.25, 0.3) is 22.2 Å². The average Bonchev–Trinajstić information content (AvgIpc) is 2.98. The molecule has 4 nitrogen and oxygen atoms in total. The topological polar surface area (TPSA) is 53.6 Å². The number of H-pyrrole nitrogens is 1. The molecule has 0 saturated heterocycles. The third-order valence-electron chi connectivity index (χ3n) is 4.61. The first-order valence-electron chi connectivity index (χ1n) is 7.86. The van der Waals surface area contributed by atoms with Crippen LogP contribution >= 0.6 is 23.2 Å². The van der Waals surface area contributed by atoms with Crippen LogP contribution in [0.2, 0.25) is 10.0 Å². The van der Waals surface area contributed by atoms with Gasteiger partial charge >= 0.3 is 0 Å². The summed E-state index contributed by atoms with van der Waals surface area (Å²) in [5.41, 5.74) is 5.99. The van der Waals surface area contributed by atoms with Crippen molar-refractivity contribution in [1.29, 1.82) is 0 Å². The van der Waals surface area contributed by atoms with E-state index in [1.54, 1.807) is 6.07 Å². The molecule has 1 aliphatic rings. The number of hydrogen-bond donors (Lipinski definition) is 2. The van der Waals surface area contributed by atoms with Crippen molar-refractivity contribution < 1.29 is 0 Å². The maximum absolute atomic E-state index is 6.51. The van der Waals surface area contributed by atoms with E-state index in [4.69, 9.17) is 23.2 Å². The van der Waals surface area contributed by atoms with E-state index in [1.165, 1.54) is 0 Å². The van der Waals surface area contributed by atoms with Crippen LogP contribution in [0.15, 0.2) is 54.9 Å². The Morgan fingerprint density at radius 2 is 1.84 bits per heavy atom. The molecule has 2 aromatic carbocycles. The van der Waals surface area contributed by atoms with Crippen LogP contribution in [0.4, 0.5) is 5.69 Å². The number of anilines is 1. The SMILES string of the molecule is Clc1ccc(C2Nc3ccccc3-c3cnnc4[nH]cc2c34)c(Cl)c1. The Kier molecular flexibility index (Phi) is 3.23. The molecule has 0 bridgehead atoms. The quantitative estimate of drug-likeness (QED) is 0.471. The van der Waals surface area contributed by atoms with Crippen molar-refractivity contribution in [2.24, 2.45) is 0 Å². The zero-order valence-electron chi connectivity index (χ0n) is 12.9. The summed E-state index contributed by atoms with van der Waals surface area (Å²) in [4.78, 5) is 3.23. The second kappa shape index (κ2) is 5.48. The largest absolute Gasteiger partial charge is 0.374 e. The molecular weight excluding hydrogens is 355 g/mol. The highest BCUT2D eigenvalue weighted by molar-refractivity contribution is 6.35. The molecule has 122 valence electrons. The Morgan fingerprint density at radius 1 is 0.960 bits per heavy atom. The number of para-hydroxylation sites is 1. The number of hydrogen-bond acceptors (Lipinski definition) is 3. The first kappa shape index (κ1) is 14.8. The van der Waals surface area contributed by atoms with Crippen LogP contribution in [-0.4, -0.2) is 15.2 Å². The number of aromatic amines is 1. The van der Waals surface area contributed by atoms with Crippen molar-refractivity contribution in [3.05, 3.63) is 76.0 Å². The highest BCUT2D eigenvalue weighted by Crippen LogP contribution is 2.44. The highest BCUT2D eigenvalue weighted by Gasteiger charge is 2.27. The van der Waals surface area contributed by atoms with E-state index in [9.17, 15) is 0 Å². The molecule has 4 aromatic rings. The zero-order valence-corrected chi connectivity index (χ0v) is 14.4. The van der Waals surface area contributed by atoms with Gasteiger partial charge in [0.1, 0.15) is 0 Å². The fourth-order valence-electron chi connectivity index (χ4n) is 3.49. The number of benzene rings is 2. The Bertz CT molecular complexity index is 1120. The van der Waals surface area contributed by atoms with Crippen LogP contribution in [0.5, 0.6) is 0 Å². The van der Waals surface area contributed by atoms with E-state index in [0.29, 0.717) is 10.0 Å². The summed E-state index contributed by atoms with van der Waals surface area (Å²) >= 11 is 12.6. The summed E-state index contributed by atoms with van der Waals surface area (Å²) in [5.74, 6) is 0. The van der Waals surface area contributed by atoms with Gasteiger partial charge in [0.15, 0.2) is 5.65 Å². The Hall–Kier alpha value is -2.56. The van der Waals surface area contributed by atoms with E-state index >= 15 is 0 Å². The number of nitrogens with zero attached hydrogens (tertiary/aromatic N) is 2. The normalized spacial score (nSPS) is 15.5. The van der Waals surface area contributed by atoms with Gasteiger partial charge in [-0.1, -0.05) is 47.5 Å². The standard InChI is InChI=1S/C19H12Cl2N4/c20-10-5-6-12(15(21)7-10)18-14-8-22-19-17(14)13(9-23-25-19)11-3-1-2-4-16(11)24-18/h1-9,18,24H,(H,22,25). The summed E-state index contributed by atoms with van der Waals surface area (Å²) in [6.45, 7) is 0. The Balaban J connectivity index is 1.85. The lowest BCUT2D eigenvalue weighted by Gasteiger charge is -2.20. The first-order chi connectivity index (χ1) is 12.2. The summed E-state index contributed by atoms with van der Waals surface area (Å²) in [6, 6.07) is 13.7. The lowest BCUT2D eigenvalue weighted by atomic mass is 9.97. The Morgan fingerprint density at radius 3 is 2.72 bits per heavy atom. The van der Waals surface area contributed by atoms with Crippen molar-refractivity contribution in [3.8, 4) is 11.1 Å². The minimum absolute atomic E-state index is 0.120. The molecule has 25 heavy (non-hydrogen) atoms. The van der Waals surface area contributed by atoms with Gasteiger partial charge in [0.05, 0.1) is 12.2 Å². The van der Waals surface area contributed by atoms with E-state index < -0.39 is 0 Å². The molecule has 1 unspecified atom stereocenters. The molecule has 0 radical (unpaired) electrons. The molecule has 2 N–H and O–H groups in total. The summed E-state index contributed by atoms with van der Waals surface area (Å²) in [6.07, 6.45) is 3.78. The van der Waals surface area contributed by atoms with Gasteiger partial charge < -0.3 is 10.3 Å². The number of fused-ring (bicyclic) bond motifs is 2. The summed E-state index contributed by atoms with van der Waals surface area (Å²) in [7, 11) is 0. The van der Waals surface area contributed by atoms with Crippen LogP contribution in [0.3, 0.4) is 0 Å². The van der Waals surface area contributed by atoms with Crippen LogP contribution in [0.1, 0.15) is 17.2 Å². The van der Waals surface area contributed by atoms with Crippen LogP contribution < -0.4 is 5.32 Å². The molecule has 0 fully saturated rings. The second-order valence-corrected chi connectivity index (χ2v) is 6.86. The van der Waals surface area contributed by atoms with Gasteiger partial charge in [-0.25, -0.2) is 0 Å². The lowest BCUT2D eigenvalue weighted by Crippen LogP contribution is -2.11. The van der Waals surface area contributed by atoms with E-state index in [0.717, 1.165) is 39.0 Å². The molecule has 2 aromatic heterocycles. The maximum Gasteiger partial charge on any atom is 0.160 e. The molecule has 1 aliphatic heterocycles. The van der Waals surface area contributed by atoms with E-state index in [1.807, 2.05) is 36.7 Å². The van der Waals surface area contributed by atoms with Gasteiger partial charge in [0.2, 0.25) is 0 Å². The molecule has 1 atom stereocenters. The zero-order chi connectivity index (χ0) is 17.0.